The van der Waals surface area contributed by atoms with Gasteiger partial charge in [0.25, 0.3) is 10.0 Å². The highest BCUT2D eigenvalue weighted by atomic mass is 35.5. The number of carbonyl (C=O) groups excluding carboxylic acids is 1. The van der Waals surface area contributed by atoms with Crippen LogP contribution in [0.15, 0.2) is 65.6 Å². The summed E-state index contributed by atoms with van der Waals surface area (Å²) in [4.78, 5) is 13.3. The zero-order valence-corrected chi connectivity index (χ0v) is 23.5. The standard InChI is InChI=1S/C28H33ClN2O5S/c1-18(2)23-16-24(19(3)14-27(23)36-6)20(4)30-28(32)17-31(21-12-13-26(35-5)25(29)15-21)37(33,34)22-10-8-7-9-11-22/h7-16,18,20H,17H2,1-6H3,(H,30,32). The van der Waals surface area contributed by atoms with Crippen LogP contribution in [0, 0.1) is 6.92 Å². The lowest BCUT2D eigenvalue weighted by Crippen LogP contribution is -2.41. The van der Waals surface area contributed by atoms with Crippen molar-refractivity contribution in [2.75, 3.05) is 25.1 Å². The van der Waals surface area contributed by atoms with Crippen LogP contribution in [0.2, 0.25) is 5.02 Å². The van der Waals surface area contributed by atoms with Gasteiger partial charge in [-0.15, -0.1) is 0 Å². The highest BCUT2D eigenvalue weighted by Crippen LogP contribution is 2.33. The number of amides is 1. The van der Waals surface area contributed by atoms with Crippen LogP contribution in [0.25, 0.3) is 0 Å². The Morgan fingerprint density at radius 2 is 1.59 bits per heavy atom. The average Bonchev–Trinajstić information content (AvgIpc) is 2.87. The van der Waals surface area contributed by atoms with Gasteiger partial charge in [0.15, 0.2) is 0 Å². The van der Waals surface area contributed by atoms with Gasteiger partial charge in [-0.05, 0) is 78.9 Å². The molecule has 1 unspecified atom stereocenters. The largest absolute Gasteiger partial charge is 0.496 e. The summed E-state index contributed by atoms with van der Waals surface area (Å²) in [5.74, 6) is 0.964. The minimum atomic E-state index is -4.06. The molecule has 3 rings (SSSR count). The molecule has 0 aliphatic heterocycles. The Kier molecular flexibility index (Phi) is 9.10. The number of benzene rings is 3. The Balaban J connectivity index is 1.94. The summed E-state index contributed by atoms with van der Waals surface area (Å²) in [6, 6.07) is 16.2. The number of halogens is 1. The van der Waals surface area contributed by atoms with Gasteiger partial charge in [-0.25, -0.2) is 8.42 Å². The first kappa shape index (κ1) is 28.3. The van der Waals surface area contributed by atoms with E-state index >= 15 is 0 Å². The molecule has 1 N–H and O–H groups in total. The maximum Gasteiger partial charge on any atom is 0.264 e. The second-order valence-corrected chi connectivity index (χ2v) is 11.3. The highest BCUT2D eigenvalue weighted by Gasteiger charge is 2.28. The molecule has 0 spiro atoms. The average molecular weight is 545 g/mol. The van der Waals surface area contributed by atoms with E-state index in [-0.39, 0.29) is 27.6 Å². The number of methoxy groups -OCH3 is 2. The molecule has 0 radical (unpaired) electrons. The van der Waals surface area contributed by atoms with Crippen LogP contribution >= 0.6 is 11.6 Å². The van der Waals surface area contributed by atoms with Crippen molar-refractivity contribution >= 4 is 33.2 Å². The first-order chi connectivity index (χ1) is 17.5. The molecule has 7 nitrogen and oxygen atoms in total. The van der Waals surface area contributed by atoms with Crippen LogP contribution in [-0.4, -0.2) is 35.1 Å². The Labute approximate surface area is 224 Å². The summed E-state index contributed by atoms with van der Waals surface area (Å²) in [5.41, 5.74) is 3.18. The van der Waals surface area contributed by atoms with Crippen LogP contribution < -0.4 is 19.1 Å². The van der Waals surface area contributed by atoms with E-state index in [4.69, 9.17) is 21.1 Å². The summed E-state index contributed by atoms with van der Waals surface area (Å²) in [6.07, 6.45) is 0. The summed E-state index contributed by atoms with van der Waals surface area (Å²) >= 11 is 6.30. The molecule has 198 valence electrons. The fraction of sp³-hybridized carbons (Fsp3) is 0.321. The summed E-state index contributed by atoms with van der Waals surface area (Å²) in [6.45, 7) is 7.54. The fourth-order valence-electron chi connectivity index (χ4n) is 4.15. The van der Waals surface area contributed by atoms with Gasteiger partial charge in [-0.2, -0.15) is 0 Å². The van der Waals surface area contributed by atoms with Gasteiger partial charge in [0.05, 0.1) is 35.9 Å². The first-order valence-corrected chi connectivity index (χ1v) is 13.7. The van der Waals surface area contributed by atoms with Crippen molar-refractivity contribution < 1.29 is 22.7 Å². The van der Waals surface area contributed by atoms with E-state index in [9.17, 15) is 13.2 Å². The van der Waals surface area contributed by atoms with Gasteiger partial charge in [0.1, 0.15) is 18.0 Å². The van der Waals surface area contributed by atoms with E-state index < -0.39 is 22.5 Å². The SMILES string of the molecule is COc1ccc(N(CC(=O)NC(C)c2cc(C(C)C)c(OC)cc2C)S(=O)(=O)c2ccccc2)cc1Cl. The normalized spacial score (nSPS) is 12.2. The zero-order valence-electron chi connectivity index (χ0n) is 21.9. The van der Waals surface area contributed by atoms with Crippen LogP contribution in [0.4, 0.5) is 5.69 Å². The van der Waals surface area contributed by atoms with Gasteiger partial charge in [-0.1, -0.05) is 43.6 Å². The van der Waals surface area contributed by atoms with E-state index in [1.54, 1.807) is 37.4 Å². The number of nitrogens with zero attached hydrogens (tertiary/aromatic N) is 1. The van der Waals surface area contributed by atoms with Crippen molar-refractivity contribution in [3.05, 3.63) is 82.4 Å². The fourth-order valence-corrected chi connectivity index (χ4v) is 5.84. The van der Waals surface area contributed by atoms with E-state index in [1.165, 1.54) is 25.3 Å². The number of hydrogen-bond donors (Lipinski definition) is 1. The predicted octanol–water partition coefficient (Wildman–Crippen LogP) is 5.86. The predicted molar refractivity (Wildman–Crippen MR) is 147 cm³/mol. The Morgan fingerprint density at radius 3 is 2.16 bits per heavy atom. The molecule has 0 bridgehead atoms. The quantitative estimate of drug-likeness (QED) is 0.345. The number of carbonyl (C=O) groups is 1. The van der Waals surface area contributed by atoms with Crippen molar-refractivity contribution in [1.29, 1.82) is 0 Å². The molecule has 1 atom stereocenters. The summed E-state index contributed by atoms with van der Waals surface area (Å²) < 4.78 is 39.0. The number of sulfonamides is 1. The lowest BCUT2D eigenvalue weighted by Gasteiger charge is -2.26. The Hall–Kier alpha value is -3.23. The number of ether oxygens (including phenoxy) is 2. The molecule has 37 heavy (non-hydrogen) atoms. The molecule has 9 heteroatoms. The molecular formula is C28H33ClN2O5S. The molecule has 0 saturated carbocycles. The lowest BCUT2D eigenvalue weighted by molar-refractivity contribution is -0.120. The maximum atomic E-state index is 13.6. The van der Waals surface area contributed by atoms with Gasteiger partial charge in [0, 0.05) is 0 Å². The van der Waals surface area contributed by atoms with E-state index in [1.807, 2.05) is 26.0 Å². The smallest absolute Gasteiger partial charge is 0.264 e. The van der Waals surface area contributed by atoms with Gasteiger partial charge in [-0.3, -0.25) is 9.10 Å². The lowest BCUT2D eigenvalue weighted by atomic mass is 9.93. The number of rotatable bonds is 10. The topological polar surface area (TPSA) is 84.9 Å². The minimum absolute atomic E-state index is 0.0652. The number of nitrogens with one attached hydrogen (secondary N) is 1. The van der Waals surface area contributed by atoms with Crippen LogP contribution in [0.1, 0.15) is 49.4 Å². The van der Waals surface area contributed by atoms with Crippen LogP contribution in [0.5, 0.6) is 11.5 Å². The maximum absolute atomic E-state index is 13.6. The molecule has 3 aromatic rings. The van der Waals surface area contributed by atoms with Crippen molar-refractivity contribution in [2.45, 2.75) is 44.6 Å². The highest BCUT2D eigenvalue weighted by molar-refractivity contribution is 7.92. The second kappa shape index (κ2) is 11.9. The van der Waals surface area contributed by atoms with E-state index in [0.29, 0.717) is 5.75 Å². The Morgan fingerprint density at radius 1 is 0.946 bits per heavy atom. The van der Waals surface area contributed by atoms with Gasteiger partial charge in [0.2, 0.25) is 5.91 Å². The van der Waals surface area contributed by atoms with E-state index in [2.05, 4.69) is 19.2 Å². The molecule has 1 amide bonds. The molecule has 0 aliphatic rings. The van der Waals surface area contributed by atoms with E-state index in [0.717, 1.165) is 26.7 Å². The monoisotopic (exact) mass is 544 g/mol. The first-order valence-electron chi connectivity index (χ1n) is 11.9. The van der Waals surface area contributed by atoms with Crippen LogP contribution in [-0.2, 0) is 14.8 Å². The number of aryl methyl sites for hydroxylation is 1. The molecule has 0 heterocycles. The summed E-state index contributed by atoms with van der Waals surface area (Å²) in [7, 11) is -0.955. The third-order valence-electron chi connectivity index (χ3n) is 6.13. The van der Waals surface area contributed by atoms with Crippen molar-refractivity contribution in [3.63, 3.8) is 0 Å². The molecular weight excluding hydrogens is 512 g/mol. The molecule has 0 aromatic heterocycles. The molecule has 3 aromatic carbocycles. The Bertz CT molecular complexity index is 1360. The zero-order chi connectivity index (χ0) is 27.3. The van der Waals surface area contributed by atoms with Crippen molar-refractivity contribution in [3.8, 4) is 11.5 Å². The number of anilines is 1. The van der Waals surface area contributed by atoms with Crippen LogP contribution in [0.3, 0.4) is 0 Å². The molecule has 0 fully saturated rings. The second-order valence-electron chi connectivity index (χ2n) is 9.04. The third-order valence-corrected chi connectivity index (χ3v) is 8.21. The van der Waals surface area contributed by atoms with Gasteiger partial charge < -0.3 is 14.8 Å². The molecule has 0 aliphatic carbocycles. The van der Waals surface area contributed by atoms with Gasteiger partial charge >= 0.3 is 0 Å². The molecule has 0 saturated heterocycles. The van der Waals surface area contributed by atoms with Crippen molar-refractivity contribution in [1.82, 2.24) is 5.32 Å². The summed E-state index contributed by atoms with van der Waals surface area (Å²) in [5, 5.41) is 3.19. The number of hydrogen-bond acceptors (Lipinski definition) is 5. The minimum Gasteiger partial charge on any atom is -0.496 e. The third kappa shape index (κ3) is 6.37. The van der Waals surface area contributed by atoms with Crippen molar-refractivity contribution in [2.24, 2.45) is 0 Å².